The molecule has 2 rings (SSSR count). The first-order valence-electron chi connectivity index (χ1n) is 7.12. The maximum Gasteiger partial charge on any atom is 0.418 e. The van der Waals surface area contributed by atoms with E-state index < -0.39 is 17.6 Å². The van der Waals surface area contributed by atoms with Crippen LogP contribution in [0.5, 0.6) is 0 Å². The van der Waals surface area contributed by atoms with E-state index in [9.17, 15) is 18.0 Å². The predicted molar refractivity (Wildman–Crippen MR) is 78.9 cm³/mol. The molecule has 1 amide bonds. The van der Waals surface area contributed by atoms with Gasteiger partial charge in [-0.2, -0.15) is 13.2 Å². The number of nitrogens with two attached hydrogens (primary N) is 1. The molecule has 1 aromatic carbocycles. The van der Waals surface area contributed by atoms with Gasteiger partial charge < -0.3 is 15.5 Å². The summed E-state index contributed by atoms with van der Waals surface area (Å²) in [5.74, 6) is -0.859. The van der Waals surface area contributed by atoms with E-state index in [4.69, 9.17) is 5.73 Å². The smallest absolute Gasteiger partial charge is 0.369 e. The highest BCUT2D eigenvalue weighted by atomic mass is 19.4. The molecular weight excluding hydrogens is 295 g/mol. The van der Waals surface area contributed by atoms with Gasteiger partial charge in [0.05, 0.1) is 5.56 Å². The molecule has 0 aliphatic carbocycles. The van der Waals surface area contributed by atoms with Gasteiger partial charge in [-0.1, -0.05) is 0 Å². The monoisotopic (exact) mass is 315 g/mol. The topological polar surface area (TPSA) is 49.6 Å². The number of hydrogen-bond acceptors (Lipinski definition) is 3. The van der Waals surface area contributed by atoms with Gasteiger partial charge in [0.15, 0.2) is 0 Å². The Labute approximate surface area is 127 Å². The van der Waals surface area contributed by atoms with Crippen LogP contribution in [0.3, 0.4) is 0 Å². The molecule has 0 unspecified atom stereocenters. The van der Waals surface area contributed by atoms with Gasteiger partial charge in [-0.05, 0) is 45.1 Å². The van der Waals surface area contributed by atoms with Gasteiger partial charge in [0.25, 0.3) is 0 Å². The highest BCUT2D eigenvalue weighted by Crippen LogP contribution is 2.38. The Morgan fingerprint density at radius 1 is 1.36 bits per heavy atom. The minimum atomic E-state index is -4.52. The number of anilines is 1. The van der Waals surface area contributed by atoms with Crippen LogP contribution in [0.25, 0.3) is 0 Å². The Hall–Kier alpha value is -1.76. The van der Waals surface area contributed by atoms with Crippen LogP contribution in [0.15, 0.2) is 18.2 Å². The van der Waals surface area contributed by atoms with Crippen LogP contribution in [-0.4, -0.2) is 44.0 Å². The van der Waals surface area contributed by atoms with Crippen LogP contribution in [0.4, 0.5) is 18.9 Å². The first kappa shape index (κ1) is 16.6. The lowest BCUT2D eigenvalue weighted by Gasteiger charge is -2.38. The van der Waals surface area contributed by atoms with Crippen molar-refractivity contribution >= 4 is 11.6 Å². The van der Waals surface area contributed by atoms with Gasteiger partial charge in [-0.15, -0.1) is 0 Å². The summed E-state index contributed by atoms with van der Waals surface area (Å²) in [6.07, 6.45) is -2.73. The Balaban J connectivity index is 2.39. The fraction of sp³-hybridized carbons (Fsp3) is 0.533. The molecule has 1 saturated heterocycles. The van der Waals surface area contributed by atoms with E-state index in [1.807, 2.05) is 19.0 Å². The molecule has 0 saturated carbocycles. The number of carbonyl (C=O) groups is 1. The number of likely N-dealkylation sites (N-methyl/N-ethyl adjacent to an activating group) is 1. The van der Waals surface area contributed by atoms with E-state index in [1.165, 1.54) is 12.1 Å². The standard InChI is InChI=1S/C15H20F3N3O/c1-20(2)11-4-3-7-21(9-11)13-6-5-10(14(19)22)8-12(13)15(16,17)18/h5-6,8,11H,3-4,7,9H2,1-2H3,(H2,19,22)/t11-/m0/s1. The lowest BCUT2D eigenvalue weighted by atomic mass is 10.0. The van der Waals surface area contributed by atoms with Crippen molar-refractivity contribution in [3.63, 3.8) is 0 Å². The number of primary amides is 1. The second kappa shape index (κ2) is 6.16. The highest BCUT2D eigenvalue weighted by Gasteiger charge is 2.36. The second-order valence-electron chi connectivity index (χ2n) is 5.80. The average Bonchev–Trinajstić information content (AvgIpc) is 2.45. The van der Waals surface area contributed by atoms with Crippen LogP contribution in [-0.2, 0) is 6.18 Å². The summed E-state index contributed by atoms with van der Waals surface area (Å²) in [6, 6.07) is 3.76. The third kappa shape index (κ3) is 3.52. The molecule has 22 heavy (non-hydrogen) atoms. The zero-order chi connectivity index (χ0) is 16.5. The van der Waals surface area contributed by atoms with Gasteiger partial charge in [-0.3, -0.25) is 4.79 Å². The van der Waals surface area contributed by atoms with Crippen molar-refractivity contribution in [2.24, 2.45) is 5.73 Å². The summed E-state index contributed by atoms with van der Waals surface area (Å²) in [4.78, 5) is 14.9. The van der Waals surface area contributed by atoms with Crippen molar-refractivity contribution in [3.8, 4) is 0 Å². The van der Waals surface area contributed by atoms with E-state index in [0.717, 1.165) is 18.9 Å². The Morgan fingerprint density at radius 3 is 2.59 bits per heavy atom. The third-order valence-electron chi connectivity index (χ3n) is 4.05. The Bertz CT molecular complexity index is 557. The van der Waals surface area contributed by atoms with E-state index in [0.29, 0.717) is 13.1 Å². The fourth-order valence-electron chi connectivity index (χ4n) is 2.79. The van der Waals surface area contributed by atoms with E-state index in [1.54, 1.807) is 4.90 Å². The van der Waals surface area contributed by atoms with Crippen LogP contribution < -0.4 is 10.6 Å². The first-order valence-corrected chi connectivity index (χ1v) is 7.12. The maximum absolute atomic E-state index is 13.3. The van der Waals surface area contributed by atoms with Gasteiger partial charge in [0, 0.05) is 30.4 Å². The lowest BCUT2D eigenvalue weighted by Crippen LogP contribution is -2.45. The van der Waals surface area contributed by atoms with Crippen molar-refractivity contribution in [3.05, 3.63) is 29.3 Å². The number of piperidine rings is 1. The van der Waals surface area contributed by atoms with E-state index in [-0.39, 0.29) is 17.3 Å². The molecule has 0 aromatic heterocycles. The molecule has 1 aliphatic rings. The number of halogens is 3. The van der Waals surface area contributed by atoms with Gasteiger partial charge in [-0.25, -0.2) is 0 Å². The SMILES string of the molecule is CN(C)[C@H]1CCCN(c2ccc(C(N)=O)cc2C(F)(F)F)C1. The predicted octanol–water partition coefficient (Wildman–Crippen LogP) is 2.33. The van der Waals surface area contributed by atoms with Gasteiger partial charge >= 0.3 is 6.18 Å². The summed E-state index contributed by atoms with van der Waals surface area (Å²) >= 11 is 0. The van der Waals surface area contributed by atoms with Crippen LogP contribution >= 0.6 is 0 Å². The molecular formula is C15H20F3N3O. The minimum absolute atomic E-state index is 0.115. The molecule has 1 heterocycles. The van der Waals surface area contributed by atoms with E-state index in [2.05, 4.69) is 0 Å². The Kier molecular flexibility index (Phi) is 4.65. The van der Waals surface area contributed by atoms with Crippen LogP contribution in [0, 0.1) is 0 Å². The number of alkyl halides is 3. The fourth-order valence-corrected chi connectivity index (χ4v) is 2.79. The molecule has 0 spiro atoms. The second-order valence-corrected chi connectivity index (χ2v) is 5.80. The van der Waals surface area contributed by atoms with Crippen LogP contribution in [0.2, 0.25) is 0 Å². The van der Waals surface area contributed by atoms with E-state index >= 15 is 0 Å². The van der Waals surface area contributed by atoms with Crippen molar-refractivity contribution < 1.29 is 18.0 Å². The number of benzene rings is 1. The maximum atomic E-state index is 13.3. The summed E-state index contributed by atoms with van der Waals surface area (Å²) in [6.45, 7) is 1.11. The van der Waals surface area contributed by atoms with Crippen LogP contribution in [0.1, 0.15) is 28.8 Å². The largest absolute Gasteiger partial charge is 0.418 e. The molecule has 1 aliphatic heterocycles. The zero-order valence-electron chi connectivity index (χ0n) is 12.7. The third-order valence-corrected chi connectivity index (χ3v) is 4.05. The number of carbonyl (C=O) groups excluding carboxylic acids is 1. The van der Waals surface area contributed by atoms with Crippen molar-refractivity contribution in [1.29, 1.82) is 0 Å². The Morgan fingerprint density at radius 2 is 2.05 bits per heavy atom. The first-order chi connectivity index (χ1) is 10.2. The summed E-state index contributed by atoms with van der Waals surface area (Å²) < 4.78 is 39.9. The van der Waals surface area contributed by atoms with Gasteiger partial charge in [0.1, 0.15) is 0 Å². The molecule has 4 nitrogen and oxygen atoms in total. The number of hydrogen-bond donors (Lipinski definition) is 1. The van der Waals surface area contributed by atoms with Crippen molar-refractivity contribution in [1.82, 2.24) is 4.90 Å². The number of nitrogens with zero attached hydrogens (tertiary/aromatic N) is 2. The average molecular weight is 315 g/mol. The van der Waals surface area contributed by atoms with Crippen molar-refractivity contribution in [2.45, 2.75) is 25.1 Å². The molecule has 7 heteroatoms. The lowest BCUT2D eigenvalue weighted by molar-refractivity contribution is -0.137. The zero-order valence-corrected chi connectivity index (χ0v) is 12.7. The molecule has 0 radical (unpaired) electrons. The molecule has 0 bridgehead atoms. The summed E-state index contributed by atoms with van der Waals surface area (Å²) in [7, 11) is 3.85. The van der Waals surface area contributed by atoms with Crippen molar-refractivity contribution in [2.75, 3.05) is 32.1 Å². The normalized spacial score (nSPS) is 19.5. The quantitative estimate of drug-likeness (QED) is 0.931. The molecule has 1 aromatic rings. The van der Waals surface area contributed by atoms with Gasteiger partial charge in [0.2, 0.25) is 5.91 Å². The number of rotatable bonds is 3. The highest BCUT2D eigenvalue weighted by molar-refractivity contribution is 5.93. The molecule has 1 fully saturated rings. The summed E-state index contributed by atoms with van der Waals surface area (Å²) in [5.41, 5.74) is 4.27. The molecule has 2 N–H and O–H groups in total. The molecule has 1 atom stereocenters. The summed E-state index contributed by atoms with van der Waals surface area (Å²) in [5, 5.41) is 0. The number of amides is 1. The molecule has 122 valence electrons. The minimum Gasteiger partial charge on any atom is -0.369 e.